The van der Waals surface area contributed by atoms with Gasteiger partial charge < -0.3 is 10.2 Å². The number of anilines is 1. The van der Waals surface area contributed by atoms with Crippen molar-refractivity contribution in [3.63, 3.8) is 0 Å². The number of nitrogens with zero attached hydrogens (tertiary/aromatic N) is 2. The Morgan fingerprint density at radius 3 is 2.12 bits per heavy atom. The molecule has 1 aliphatic heterocycles. The van der Waals surface area contributed by atoms with E-state index < -0.39 is 48.1 Å². The lowest BCUT2D eigenvalue weighted by Crippen LogP contribution is -2.71. The molecule has 1 N–H and O–H groups in total. The molecule has 1 amide bonds. The molecule has 3 rings (SSSR count). The minimum Gasteiger partial charge on any atom is -0.350 e. The lowest BCUT2D eigenvalue weighted by molar-refractivity contribution is -0.176. The number of hydrogen-bond acceptors (Lipinski definition) is 2. The van der Waals surface area contributed by atoms with Crippen LogP contribution >= 0.6 is 0 Å². The second kappa shape index (κ2) is 8.60. The third-order valence-electron chi connectivity index (χ3n) is 6.34. The third kappa shape index (κ3) is 4.83. The first-order chi connectivity index (χ1) is 15.2. The van der Waals surface area contributed by atoms with Gasteiger partial charge in [0.25, 0.3) is 12.1 Å². The number of benzene rings is 1. The van der Waals surface area contributed by atoms with Crippen LogP contribution in [0.1, 0.15) is 52.0 Å². The van der Waals surface area contributed by atoms with Crippen LogP contribution < -0.4 is 14.9 Å². The largest absolute Gasteiger partial charge is 0.432 e. The van der Waals surface area contributed by atoms with Crippen molar-refractivity contribution < 1.29 is 26.7 Å². The van der Waals surface area contributed by atoms with Crippen LogP contribution in [0.15, 0.2) is 36.4 Å². The lowest BCUT2D eigenvalue weighted by Gasteiger charge is -2.40. The maximum atomic E-state index is 14.8. The van der Waals surface area contributed by atoms with Gasteiger partial charge in [-0.25, -0.2) is 8.78 Å². The summed E-state index contributed by atoms with van der Waals surface area (Å²) in [6, 6.07) is 5.76. The second-order valence-electron chi connectivity index (χ2n) is 9.69. The first-order valence-electron chi connectivity index (χ1n) is 10.9. The molecule has 2 aliphatic rings. The van der Waals surface area contributed by atoms with Gasteiger partial charge in [0.15, 0.2) is 0 Å². The highest BCUT2D eigenvalue weighted by Gasteiger charge is 2.71. The van der Waals surface area contributed by atoms with Crippen LogP contribution in [0.4, 0.5) is 27.6 Å². The van der Waals surface area contributed by atoms with E-state index in [-0.39, 0.29) is 23.9 Å². The van der Waals surface area contributed by atoms with E-state index in [2.05, 4.69) is 9.98 Å². The van der Waals surface area contributed by atoms with Gasteiger partial charge in [0.2, 0.25) is 5.92 Å². The topological polar surface area (TPSA) is 46.4 Å². The van der Waals surface area contributed by atoms with Crippen LogP contribution in [0.25, 0.3) is 0 Å². The van der Waals surface area contributed by atoms with E-state index in [1.807, 2.05) is 20.8 Å². The summed E-state index contributed by atoms with van der Waals surface area (Å²) in [5, 5.41) is 2.40. The molecule has 1 fully saturated rings. The molecule has 1 unspecified atom stereocenters. The van der Waals surface area contributed by atoms with E-state index in [1.54, 1.807) is 24.3 Å². The van der Waals surface area contributed by atoms with E-state index in [0.717, 1.165) is 16.5 Å². The fourth-order valence-electron chi connectivity index (χ4n) is 4.27. The zero-order chi connectivity index (χ0) is 24.7. The Labute approximate surface area is 190 Å². The number of carbonyl (C=O) groups is 1. The Kier molecular flexibility index (Phi) is 6.50. The first kappa shape index (κ1) is 25.0. The van der Waals surface area contributed by atoms with E-state index in [9.17, 15) is 26.7 Å². The van der Waals surface area contributed by atoms with Gasteiger partial charge in [0.05, 0.1) is 0 Å². The monoisotopic (exact) mass is 470 g/mol. The first-order valence-corrected chi connectivity index (χ1v) is 10.9. The van der Waals surface area contributed by atoms with Crippen molar-refractivity contribution in [2.75, 3.05) is 11.9 Å². The normalized spacial score (nSPS) is 20.3. The van der Waals surface area contributed by atoms with Crippen molar-refractivity contribution in [2.24, 2.45) is 0 Å². The van der Waals surface area contributed by atoms with E-state index in [4.69, 9.17) is 0 Å². The summed E-state index contributed by atoms with van der Waals surface area (Å²) in [7, 11) is 1.20. The molecule has 1 aromatic carbocycles. The highest BCUT2D eigenvalue weighted by molar-refractivity contribution is 6.23. The molecule has 9 heteroatoms. The minimum absolute atomic E-state index is 0.0922. The van der Waals surface area contributed by atoms with Gasteiger partial charge >= 0.3 is 17.4 Å². The summed E-state index contributed by atoms with van der Waals surface area (Å²) < 4.78 is 75.3. The molecular formula is C24H29F5N3O+. The van der Waals surface area contributed by atoms with E-state index >= 15 is 0 Å². The average molecular weight is 471 g/mol. The number of amides is 1. The number of carbonyl (C=O) groups excluding carboxylic acids is 1. The van der Waals surface area contributed by atoms with Gasteiger partial charge in [-0.3, -0.25) is 4.79 Å². The zero-order valence-corrected chi connectivity index (χ0v) is 19.1. The molecule has 0 saturated heterocycles. The quantitative estimate of drug-likeness (QED) is 0.507. The van der Waals surface area contributed by atoms with Crippen molar-refractivity contribution in [1.29, 1.82) is 0 Å². The molecule has 1 aliphatic carbocycles. The number of alkyl halides is 5. The predicted molar refractivity (Wildman–Crippen MR) is 120 cm³/mol. The maximum absolute atomic E-state index is 14.8. The SMILES string of the molecule is CN(c1ccc(C(C)(C)C)cc1)C(C(=O)NC1CCC(F)(F)CC1)(C1=[N+]=CC=C1)C(F)(F)F. The van der Waals surface area contributed by atoms with Crippen LogP contribution in [0.3, 0.4) is 0 Å². The van der Waals surface area contributed by atoms with Crippen LogP contribution in [-0.2, 0) is 10.2 Å². The van der Waals surface area contributed by atoms with Crippen molar-refractivity contribution in [3.05, 3.63) is 42.0 Å². The highest BCUT2D eigenvalue weighted by atomic mass is 19.4. The summed E-state index contributed by atoms with van der Waals surface area (Å²) in [4.78, 5) is 14.3. The lowest BCUT2D eigenvalue weighted by atomic mass is 9.85. The molecule has 1 saturated carbocycles. The van der Waals surface area contributed by atoms with E-state index in [0.29, 0.717) is 0 Å². The fourth-order valence-corrected chi connectivity index (χ4v) is 4.27. The Morgan fingerprint density at radius 2 is 1.67 bits per heavy atom. The molecule has 1 heterocycles. The summed E-state index contributed by atoms with van der Waals surface area (Å²) in [6.45, 7) is 5.96. The van der Waals surface area contributed by atoms with Crippen LogP contribution in [0, 0.1) is 0 Å². The third-order valence-corrected chi connectivity index (χ3v) is 6.34. The molecule has 0 spiro atoms. The number of rotatable bonds is 5. The minimum atomic E-state index is -5.05. The molecule has 180 valence electrons. The summed E-state index contributed by atoms with van der Waals surface area (Å²) in [6.07, 6.45) is -2.50. The molecule has 4 nitrogen and oxygen atoms in total. The molecule has 0 bridgehead atoms. The standard InChI is InChI=1S/C24H28F5N3O/c1-21(2,3)16-7-9-18(10-8-16)32(4)23(24(27,28)29,19-6-5-15-30-19)20(33)31-17-11-13-22(25,26)14-12-17/h5-10,15,17H,11-14H2,1-4H3/p+1. The van der Waals surface area contributed by atoms with Crippen LogP contribution in [-0.4, -0.2) is 48.6 Å². The molecule has 0 aromatic heterocycles. The number of halogens is 5. The van der Waals surface area contributed by atoms with Crippen molar-refractivity contribution >= 4 is 23.5 Å². The average Bonchev–Trinajstić information content (AvgIpc) is 3.23. The van der Waals surface area contributed by atoms with Gasteiger partial charge in [0.1, 0.15) is 0 Å². The van der Waals surface area contributed by atoms with Crippen LogP contribution in [0.5, 0.6) is 0 Å². The molecular weight excluding hydrogens is 441 g/mol. The molecule has 1 atom stereocenters. The molecule has 1 aromatic rings. The number of hydrogen-bond donors (Lipinski definition) is 1. The zero-order valence-electron chi connectivity index (χ0n) is 19.1. The van der Waals surface area contributed by atoms with Crippen molar-refractivity contribution in [2.45, 2.75) is 75.5 Å². The Hall–Kier alpha value is -2.67. The number of likely N-dealkylation sites (N-methyl/N-ethyl adjacent to an activating group) is 1. The summed E-state index contributed by atoms with van der Waals surface area (Å²) >= 11 is 0. The molecule has 0 radical (unpaired) electrons. The smallest absolute Gasteiger partial charge is 0.350 e. The number of allylic oxidation sites excluding steroid dienone is 1. The van der Waals surface area contributed by atoms with Gasteiger partial charge in [-0.1, -0.05) is 37.6 Å². The van der Waals surface area contributed by atoms with Gasteiger partial charge in [-0.15, -0.1) is 0 Å². The van der Waals surface area contributed by atoms with Crippen LogP contribution in [0.2, 0.25) is 0 Å². The van der Waals surface area contributed by atoms with Gasteiger partial charge in [-0.2, -0.15) is 13.2 Å². The summed E-state index contributed by atoms with van der Waals surface area (Å²) in [5.74, 6) is -4.19. The van der Waals surface area contributed by atoms with Crippen molar-refractivity contribution in [3.8, 4) is 0 Å². The van der Waals surface area contributed by atoms with E-state index in [1.165, 1.54) is 19.3 Å². The highest BCUT2D eigenvalue weighted by Crippen LogP contribution is 2.41. The number of nitrogens with one attached hydrogen (secondary N) is 1. The second-order valence-corrected chi connectivity index (χ2v) is 9.69. The van der Waals surface area contributed by atoms with Gasteiger partial charge in [-0.05, 0) is 36.0 Å². The predicted octanol–water partition coefficient (Wildman–Crippen LogP) is 4.56. The van der Waals surface area contributed by atoms with Crippen molar-refractivity contribution in [1.82, 2.24) is 9.98 Å². The van der Waals surface area contributed by atoms with Gasteiger partial charge in [0, 0.05) is 43.8 Å². The molecule has 33 heavy (non-hydrogen) atoms. The summed E-state index contributed by atoms with van der Waals surface area (Å²) in [5.41, 5.74) is -2.70. The Bertz CT molecular complexity index is 975. The maximum Gasteiger partial charge on any atom is 0.432 e. The Balaban J connectivity index is 2.03. The Morgan fingerprint density at radius 1 is 1.09 bits per heavy atom. The fraction of sp³-hybridized carbons (Fsp3) is 0.542.